The van der Waals surface area contributed by atoms with E-state index in [2.05, 4.69) is 32.8 Å². The molecule has 1 aromatic heterocycles. The van der Waals surface area contributed by atoms with Crippen LogP contribution in [0, 0.1) is 5.41 Å². The SMILES string of the molecule is CCCN1CC2(CCN(c3cc(C4CC4)ncn3)CC2)CC1C(=O)O. The van der Waals surface area contributed by atoms with E-state index in [9.17, 15) is 9.90 Å². The van der Waals surface area contributed by atoms with Crippen molar-refractivity contribution in [2.24, 2.45) is 5.41 Å². The van der Waals surface area contributed by atoms with E-state index in [1.807, 2.05) is 0 Å². The van der Waals surface area contributed by atoms with Crippen molar-refractivity contribution in [2.45, 2.75) is 57.4 Å². The normalized spacial score (nSPS) is 26.3. The fraction of sp³-hybridized carbons (Fsp3) is 0.737. The van der Waals surface area contributed by atoms with Crippen molar-refractivity contribution in [3.63, 3.8) is 0 Å². The van der Waals surface area contributed by atoms with Gasteiger partial charge >= 0.3 is 5.97 Å². The minimum atomic E-state index is -0.655. The third kappa shape index (κ3) is 3.36. The lowest BCUT2D eigenvalue weighted by Crippen LogP contribution is -2.42. The molecule has 1 aromatic rings. The predicted molar refractivity (Wildman–Crippen MR) is 95.8 cm³/mol. The molecule has 0 aromatic carbocycles. The standard InChI is InChI=1S/C19H28N4O2/c1-2-7-23-12-19(11-16(23)18(24)25)5-8-22(9-6-19)17-10-15(14-3-4-14)20-13-21-17/h10,13-14,16H,2-9,11-12H2,1H3,(H,24,25). The summed E-state index contributed by atoms with van der Waals surface area (Å²) in [5, 5.41) is 9.57. The molecule has 6 nitrogen and oxygen atoms in total. The number of aliphatic carboxylic acids is 1. The number of carboxylic acid groups (broad SMARTS) is 1. The average molecular weight is 344 g/mol. The van der Waals surface area contributed by atoms with E-state index in [0.717, 1.165) is 57.7 Å². The summed E-state index contributed by atoms with van der Waals surface area (Å²) in [4.78, 5) is 25.1. The Morgan fingerprint density at radius 1 is 1.32 bits per heavy atom. The van der Waals surface area contributed by atoms with Gasteiger partial charge in [-0.05, 0) is 50.5 Å². The van der Waals surface area contributed by atoms with Crippen molar-refractivity contribution < 1.29 is 9.90 Å². The summed E-state index contributed by atoms with van der Waals surface area (Å²) >= 11 is 0. The molecule has 4 rings (SSSR count). The van der Waals surface area contributed by atoms with Gasteiger partial charge in [-0.3, -0.25) is 9.69 Å². The van der Waals surface area contributed by atoms with Gasteiger partial charge in [-0.15, -0.1) is 0 Å². The molecule has 1 unspecified atom stereocenters. The summed E-state index contributed by atoms with van der Waals surface area (Å²) < 4.78 is 0. The second-order valence-electron chi connectivity index (χ2n) is 8.09. The Kier molecular flexibility index (Phi) is 4.40. The second kappa shape index (κ2) is 6.56. The van der Waals surface area contributed by atoms with Crippen LogP contribution >= 0.6 is 0 Å². The quantitative estimate of drug-likeness (QED) is 0.885. The lowest BCUT2D eigenvalue weighted by molar-refractivity contribution is -0.142. The van der Waals surface area contributed by atoms with Crippen molar-refractivity contribution in [3.8, 4) is 0 Å². The minimum Gasteiger partial charge on any atom is -0.480 e. The summed E-state index contributed by atoms with van der Waals surface area (Å²) in [7, 11) is 0. The number of hydrogen-bond donors (Lipinski definition) is 1. The molecule has 136 valence electrons. The molecule has 1 atom stereocenters. The maximum Gasteiger partial charge on any atom is 0.320 e. The first-order valence-corrected chi connectivity index (χ1v) is 9.64. The third-order valence-electron chi connectivity index (χ3n) is 6.22. The summed E-state index contributed by atoms with van der Waals surface area (Å²) in [5.74, 6) is 1.04. The summed E-state index contributed by atoms with van der Waals surface area (Å²) in [5.41, 5.74) is 1.35. The van der Waals surface area contributed by atoms with E-state index in [1.54, 1.807) is 6.33 Å². The Morgan fingerprint density at radius 2 is 2.08 bits per heavy atom. The predicted octanol–water partition coefficient (Wildman–Crippen LogP) is 2.51. The first kappa shape index (κ1) is 16.8. The van der Waals surface area contributed by atoms with E-state index in [1.165, 1.54) is 18.5 Å². The van der Waals surface area contributed by atoms with E-state index in [-0.39, 0.29) is 11.5 Å². The topological polar surface area (TPSA) is 69.6 Å². The molecule has 1 aliphatic carbocycles. The van der Waals surface area contributed by atoms with Crippen LogP contribution in [0.2, 0.25) is 0 Å². The molecular weight excluding hydrogens is 316 g/mol. The Labute approximate surface area is 149 Å². The largest absolute Gasteiger partial charge is 0.480 e. The molecule has 2 aliphatic heterocycles. The molecule has 0 radical (unpaired) electrons. The number of carboxylic acids is 1. The highest BCUT2D eigenvalue weighted by molar-refractivity contribution is 5.74. The van der Waals surface area contributed by atoms with Gasteiger partial charge in [-0.25, -0.2) is 9.97 Å². The van der Waals surface area contributed by atoms with Crippen molar-refractivity contribution in [3.05, 3.63) is 18.1 Å². The Bertz CT molecular complexity index is 638. The van der Waals surface area contributed by atoms with Crippen LogP contribution < -0.4 is 4.90 Å². The Balaban J connectivity index is 1.42. The summed E-state index contributed by atoms with van der Waals surface area (Å²) in [6.07, 6.45) is 8.13. The van der Waals surface area contributed by atoms with Gasteiger partial charge in [0.15, 0.2) is 0 Å². The van der Waals surface area contributed by atoms with Gasteiger partial charge < -0.3 is 10.0 Å². The van der Waals surface area contributed by atoms with E-state index in [4.69, 9.17) is 0 Å². The van der Waals surface area contributed by atoms with E-state index < -0.39 is 5.97 Å². The first-order chi connectivity index (χ1) is 12.1. The van der Waals surface area contributed by atoms with Crippen LogP contribution in [-0.4, -0.2) is 58.2 Å². The molecule has 1 spiro atoms. The molecule has 6 heteroatoms. The monoisotopic (exact) mass is 344 g/mol. The zero-order valence-electron chi connectivity index (χ0n) is 15.0. The fourth-order valence-electron chi connectivity index (χ4n) is 4.62. The number of likely N-dealkylation sites (tertiary alicyclic amines) is 1. The molecule has 0 bridgehead atoms. The molecule has 3 fully saturated rings. The number of nitrogens with zero attached hydrogens (tertiary/aromatic N) is 4. The van der Waals surface area contributed by atoms with Gasteiger partial charge in [-0.1, -0.05) is 6.92 Å². The minimum absolute atomic E-state index is 0.168. The van der Waals surface area contributed by atoms with Crippen LogP contribution in [0.25, 0.3) is 0 Å². The highest BCUT2D eigenvalue weighted by Gasteiger charge is 2.47. The zero-order chi connectivity index (χ0) is 17.4. The van der Waals surface area contributed by atoms with Crippen LogP contribution in [-0.2, 0) is 4.79 Å². The molecule has 3 heterocycles. The van der Waals surface area contributed by atoms with Crippen molar-refractivity contribution in [1.82, 2.24) is 14.9 Å². The van der Waals surface area contributed by atoms with Crippen molar-refractivity contribution >= 4 is 11.8 Å². The maximum atomic E-state index is 11.6. The van der Waals surface area contributed by atoms with E-state index in [0.29, 0.717) is 5.92 Å². The maximum absolute atomic E-state index is 11.6. The number of hydrogen-bond acceptors (Lipinski definition) is 5. The number of anilines is 1. The lowest BCUT2D eigenvalue weighted by atomic mass is 9.76. The number of piperidine rings is 1. The van der Waals surface area contributed by atoms with Crippen molar-refractivity contribution in [2.75, 3.05) is 31.1 Å². The van der Waals surface area contributed by atoms with Crippen molar-refractivity contribution in [1.29, 1.82) is 0 Å². The lowest BCUT2D eigenvalue weighted by Gasteiger charge is -2.40. The molecule has 0 amide bonds. The van der Waals surface area contributed by atoms with Crippen LogP contribution in [0.15, 0.2) is 12.4 Å². The number of aromatic nitrogens is 2. The molecule has 1 N–H and O–H groups in total. The highest BCUT2D eigenvalue weighted by atomic mass is 16.4. The van der Waals surface area contributed by atoms with Crippen LogP contribution in [0.4, 0.5) is 5.82 Å². The fourth-order valence-corrected chi connectivity index (χ4v) is 4.62. The van der Waals surface area contributed by atoms with E-state index >= 15 is 0 Å². The second-order valence-corrected chi connectivity index (χ2v) is 8.09. The van der Waals surface area contributed by atoms with Crippen LogP contribution in [0.1, 0.15) is 57.1 Å². The first-order valence-electron chi connectivity index (χ1n) is 9.64. The van der Waals surface area contributed by atoms with Gasteiger partial charge in [-0.2, -0.15) is 0 Å². The molecule has 3 aliphatic rings. The van der Waals surface area contributed by atoms with Gasteiger partial charge in [0.2, 0.25) is 0 Å². The summed E-state index contributed by atoms with van der Waals surface area (Å²) in [6.45, 7) is 5.88. The highest BCUT2D eigenvalue weighted by Crippen LogP contribution is 2.44. The molecule has 1 saturated carbocycles. The van der Waals surface area contributed by atoms with Gasteiger partial charge in [0.1, 0.15) is 18.2 Å². The molecule has 25 heavy (non-hydrogen) atoms. The van der Waals surface area contributed by atoms with Crippen LogP contribution in [0.3, 0.4) is 0 Å². The smallest absolute Gasteiger partial charge is 0.320 e. The van der Waals surface area contributed by atoms with Gasteiger partial charge in [0, 0.05) is 37.3 Å². The Hall–Kier alpha value is -1.69. The Morgan fingerprint density at radius 3 is 2.72 bits per heavy atom. The van der Waals surface area contributed by atoms with Gasteiger partial charge in [0.25, 0.3) is 0 Å². The molecule has 2 saturated heterocycles. The number of carbonyl (C=O) groups is 1. The molecular formula is C19H28N4O2. The number of rotatable bonds is 5. The zero-order valence-corrected chi connectivity index (χ0v) is 15.0. The average Bonchev–Trinajstić information content (AvgIpc) is 3.40. The van der Waals surface area contributed by atoms with Gasteiger partial charge in [0.05, 0.1) is 0 Å². The summed E-state index contributed by atoms with van der Waals surface area (Å²) in [6, 6.07) is 1.86. The third-order valence-corrected chi connectivity index (χ3v) is 6.22. The van der Waals surface area contributed by atoms with Crippen LogP contribution in [0.5, 0.6) is 0 Å².